The Balaban J connectivity index is 1.82. The normalized spacial score (nSPS) is 10.2. The van der Waals surface area contributed by atoms with E-state index >= 15 is 0 Å². The second-order valence-electron chi connectivity index (χ2n) is 5.12. The molecule has 0 aromatic heterocycles. The van der Waals surface area contributed by atoms with Crippen molar-refractivity contribution >= 4 is 11.7 Å². The Bertz CT molecular complexity index is 614. The highest BCUT2D eigenvalue weighted by atomic mass is 16.5. The smallest absolute Gasteiger partial charge is 0.321 e. The third-order valence-corrected chi connectivity index (χ3v) is 3.62. The zero-order valence-electron chi connectivity index (χ0n) is 13.8. The van der Waals surface area contributed by atoms with Crippen LogP contribution in [0.2, 0.25) is 0 Å². The van der Waals surface area contributed by atoms with E-state index in [1.165, 1.54) is 5.56 Å². The number of amides is 2. The number of carbonyl (C=O) groups is 1. The molecule has 0 aliphatic carbocycles. The Hall–Kier alpha value is -2.49. The summed E-state index contributed by atoms with van der Waals surface area (Å²) in [5.41, 5.74) is 2.07. The predicted octanol–water partition coefficient (Wildman–Crippen LogP) is 3.86. The van der Waals surface area contributed by atoms with Crippen LogP contribution in [0.4, 0.5) is 10.5 Å². The van der Waals surface area contributed by atoms with Gasteiger partial charge in [0.15, 0.2) is 0 Å². The van der Waals surface area contributed by atoms with Crippen LogP contribution in [0.15, 0.2) is 54.6 Å². The van der Waals surface area contributed by atoms with Gasteiger partial charge in [0.25, 0.3) is 0 Å². The topological polar surface area (TPSA) is 41.6 Å². The zero-order valence-corrected chi connectivity index (χ0v) is 13.8. The van der Waals surface area contributed by atoms with E-state index in [0.717, 1.165) is 17.9 Å². The standard InChI is InChI=1S/C19H24N2O2/c1-3-16-10-8-9-13-18(16)23-15-14-20-19(22)21(4-2)17-11-6-5-7-12-17/h5-13H,3-4,14-15H2,1-2H3,(H,20,22). The minimum absolute atomic E-state index is 0.105. The molecule has 2 aromatic rings. The number of carbonyl (C=O) groups excluding carboxylic acids is 1. The fourth-order valence-corrected chi connectivity index (χ4v) is 2.40. The van der Waals surface area contributed by atoms with Crippen LogP contribution in [0.1, 0.15) is 19.4 Å². The van der Waals surface area contributed by atoms with E-state index in [1.807, 2.05) is 55.5 Å². The lowest BCUT2D eigenvalue weighted by Crippen LogP contribution is -2.41. The number of aryl methyl sites for hydroxylation is 1. The molecule has 0 heterocycles. The number of benzene rings is 2. The van der Waals surface area contributed by atoms with Gasteiger partial charge in [-0.1, -0.05) is 43.3 Å². The molecule has 0 radical (unpaired) electrons. The lowest BCUT2D eigenvalue weighted by Gasteiger charge is -2.21. The lowest BCUT2D eigenvalue weighted by molar-refractivity contribution is 0.242. The summed E-state index contributed by atoms with van der Waals surface area (Å²) in [6.45, 7) is 5.61. The molecule has 0 saturated carbocycles. The van der Waals surface area contributed by atoms with E-state index < -0.39 is 0 Å². The van der Waals surface area contributed by atoms with Crippen LogP contribution in [0.5, 0.6) is 5.75 Å². The average molecular weight is 312 g/mol. The highest BCUT2D eigenvalue weighted by Crippen LogP contribution is 2.18. The van der Waals surface area contributed by atoms with Crippen LogP contribution in [-0.4, -0.2) is 25.7 Å². The summed E-state index contributed by atoms with van der Waals surface area (Å²) in [4.78, 5) is 14.0. The summed E-state index contributed by atoms with van der Waals surface area (Å²) in [6, 6.07) is 17.5. The maximum Gasteiger partial charge on any atom is 0.321 e. The predicted molar refractivity (Wildman–Crippen MR) is 94.2 cm³/mol. The van der Waals surface area contributed by atoms with Crippen molar-refractivity contribution in [2.45, 2.75) is 20.3 Å². The van der Waals surface area contributed by atoms with Crippen LogP contribution in [0, 0.1) is 0 Å². The Kier molecular flexibility index (Phi) is 6.48. The number of hydrogen-bond acceptors (Lipinski definition) is 2. The summed E-state index contributed by atoms with van der Waals surface area (Å²) in [5.74, 6) is 0.889. The fourth-order valence-electron chi connectivity index (χ4n) is 2.40. The highest BCUT2D eigenvalue weighted by Gasteiger charge is 2.12. The quantitative estimate of drug-likeness (QED) is 0.789. The van der Waals surface area contributed by atoms with Crippen LogP contribution in [-0.2, 0) is 6.42 Å². The maximum atomic E-state index is 12.3. The summed E-state index contributed by atoms with van der Waals surface area (Å²) in [6.07, 6.45) is 0.931. The van der Waals surface area contributed by atoms with E-state index in [9.17, 15) is 4.79 Å². The molecule has 4 nitrogen and oxygen atoms in total. The molecule has 23 heavy (non-hydrogen) atoms. The molecule has 122 valence electrons. The van der Waals surface area contributed by atoms with Crippen molar-refractivity contribution < 1.29 is 9.53 Å². The van der Waals surface area contributed by atoms with Crippen molar-refractivity contribution in [3.05, 3.63) is 60.2 Å². The zero-order chi connectivity index (χ0) is 16.5. The number of nitrogens with one attached hydrogen (secondary N) is 1. The van der Waals surface area contributed by atoms with E-state index in [-0.39, 0.29) is 6.03 Å². The monoisotopic (exact) mass is 312 g/mol. The van der Waals surface area contributed by atoms with Crippen molar-refractivity contribution in [2.75, 3.05) is 24.6 Å². The van der Waals surface area contributed by atoms with Gasteiger partial charge in [-0.3, -0.25) is 4.90 Å². The van der Waals surface area contributed by atoms with Crippen molar-refractivity contribution in [2.24, 2.45) is 0 Å². The van der Waals surface area contributed by atoms with Crippen LogP contribution >= 0.6 is 0 Å². The van der Waals surface area contributed by atoms with Gasteiger partial charge < -0.3 is 10.1 Å². The molecular weight excluding hydrogens is 288 g/mol. The minimum atomic E-state index is -0.105. The summed E-state index contributed by atoms with van der Waals surface area (Å²) >= 11 is 0. The van der Waals surface area contributed by atoms with Gasteiger partial charge in [-0.2, -0.15) is 0 Å². The van der Waals surface area contributed by atoms with Gasteiger partial charge in [0.2, 0.25) is 0 Å². The number of para-hydroxylation sites is 2. The molecule has 0 fully saturated rings. The average Bonchev–Trinajstić information content (AvgIpc) is 2.60. The number of nitrogens with zero attached hydrogens (tertiary/aromatic N) is 1. The van der Waals surface area contributed by atoms with Crippen molar-refractivity contribution in [1.29, 1.82) is 0 Å². The molecule has 0 saturated heterocycles. The summed E-state index contributed by atoms with van der Waals surface area (Å²) in [7, 11) is 0. The largest absolute Gasteiger partial charge is 0.491 e. The Morgan fingerprint density at radius 3 is 2.43 bits per heavy atom. The Morgan fingerprint density at radius 2 is 1.74 bits per heavy atom. The molecule has 2 aromatic carbocycles. The molecule has 0 aliphatic rings. The first-order chi connectivity index (χ1) is 11.3. The van der Waals surface area contributed by atoms with Crippen molar-refractivity contribution in [3.63, 3.8) is 0 Å². The SMILES string of the molecule is CCc1ccccc1OCCNC(=O)N(CC)c1ccccc1. The summed E-state index contributed by atoms with van der Waals surface area (Å²) in [5, 5.41) is 2.90. The maximum absolute atomic E-state index is 12.3. The van der Waals surface area contributed by atoms with Crippen LogP contribution < -0.4 is 15.0 Å². The molecule has 0 atom stereocenters. The van der Waals surface area contributed by atoms with Gasteiger partial charge >= 0.3 is 6.03 Å². The molecule has 1 N–H and O–H groups in total. The van der Waals surface area contributed by atoms with Gasteiger partial charge in [0, 0.05) is 12.2 Å². The Labute approximate surface area is 138 Å². The van der Waals surface area contributed by atoms with E-state index in [4.69, 9.17) is 4.74 Å². The van der Waals surface area contributed by atoms with Gasteiger partial charge in [-0.05, 0) is 37.1 Å². The Morgan fingerprint density at radius 1 is 1.04 bits per heavy atom. The first kappa shape index (κ1) is 16.9. The third kappa shape index (κ3) is 4.74. The van der Waals surface area contributed by atoms with E-state index in [0.29, 0.717) is 19.7 Å². The molecule has 4 heteroatoms. The first-order valence-corrected chi connectivity index (χ1v) is 8.07. The molecule has 0 unspecified atom stereocenters. The second-order valence-corrected chi connectivity index (χ2v) is 5.12. The van der Waals surface area contributed by atoms with E-state index in [2.05, 4.69) is 18.3 Å². The number of urea groups is 1. The van der Waals surface area contributed by atoms with Gasteiger partial charge in [0.1, 0.15) is 12.4 Å². The van der Waals surface area contributed by atoms with Crippen LogP contribution in [0.3, 0.4) is 0 Å². The molecule has 2 amide bonds. The van der Waals surface area contributed by atoms with Crippen molar-refractivity contribution in [3.8, 4) is 5.75 Å². The van der Waals surface area contributed by atoms with Gasteiger partial charge in [-0.15, -0.1) is 0 Å². The van der Waals surface area contributed by atoms with E-state index in [1.54, 1.807) is 4.90 Å². The first-order valence-electron chi connectivity index (χ1n) is 8.07. The molecule has 0 spiro atoms. The molecular formula is C19H24N2O2. The minimum Gasteiger partial charge on any atom is -0.491 e. The number of hydrogen-bond donors (Lipinski definition) is 1. The van der Waals surface area contributed by atoms with Gasteiger partial charge in [-0.25, -0.2) is 4.79 Å². The summed E-state index contributed by atoms with van der Waals surface area (Å²) < 4.78 is 5.76. The molecule has 2 rings (SSSR count). The molecule has 0 aliphatic heterocycles. The fraction of sp³-hybridized carbons (Fsp3) is 0.316. The number of ether oxygens (including phenoxy) is 1. The highest BCUT2D eigenvalue weighted by molar-refractivity contribution is 5.91. The number of rotatable bonds is 7. The van der Waals surface area contributed by atoms with Gasteiger partial charge in [0.05, 0.1) is 6.54 Å². The number of anilines is 1. The molecule has 0 bridgehead atoms. The van der Waals surface area contributed by atoms with Crippen LogP contribution in [0.25, 0.3) is 0 Å². The third-order valence-electron chi connectivity index (χ3n) is 3.62. The van der Waals surface area contributed by atoms with Crippen molar-refractivity contribution in [1.82, 2.24) is 5.32 Å². The second kappa shape index (κ2) is 8.83. The lowest BCUT2D eigenvalue weighted by atomic mass is 10.1.